The number of benzene rings is 1. The zero-order chi connectivity index (χ0) is 16.4. The van der Waals surface area contributed by atoms with E-state index in [-0.39, 0.29) is 0 Å². The smallest absolute Gasteiger partial charge is 0.266 e. The van der Waals surface area contributed by atoms with E-state index < -0.39 is 17.8 Å². The summed E-state index contributed by atoms with van der Waals surface area (Å²) in [6.07, 6.45) is 0.578. The van der Waals surface area contributed by atoms with Crippen molar-refractivity contribution in [3.05, 3.63) is 65.6 Å². The monoisotopic (exact) mass is 318 g/mol. The van der Waals surface area contributed by atoms with E-state index in [0.717, 1.165) is 12.1 Å². The van der Waals surface area contributed by atoms with Crippen LogP contribution in [0.2, 0.25) is 0 Å². The highest BCUT2D eigenvalue weighted by atomic mass is 19.3. The normalized spacial score (nSPS) is 11.2. The Kier molecular flexibility index (Phi) is 4.10. The van der Waals surface area contributed by atoms with E-state index in [2.05, 4.69) is 15.1 Å². The molecule has 2 heterocycles. The lowest BCUT2D eigenvalue weighted by atomic mass is 10.1. The summed E-state index contributed by atoms with van der Waals surface area (Å²) in [4.78, 5) is 8.57. The van der Waals surface area contributed by atoms with Crippen LogP contribution in [-0.2, 0) is 6.54 Å². The van der Waals surface area contributed by atoms with Gasteiger partial charge < -0.3 is 0 Å². The second kappa shape index (κ2) is 6.20. The first-order valence-corrected chi connectivity index (χ1v) is 6.93. The van der Waals surface area contributed by atoms with Crippen molar-refractivity contribution in [1.82, 2.24) is 19.7 Å². The third kappa shape index (κ3) is 3.39. The minimum atomic E-state index is -2.87. The van der Waals surface area contributed by atoms with Crippen LogP contribution in [0.25, 0.3) is 11.3 Å². The number of halogens is 3. The summed E-state index contributed by atoms with van der Waals surface area (Å²) in [6.45, 7) is 2.15. The van der Waals surface area contributed by atoms with E-state index in [9.17, 15) is 13.2 Å². The zero-order valence-electron chi connectivity index (χ0n) is 12.2. The van der Waals surface area contributed by atoms with Crippen LogP contribution in [0.5, 0.6) is 0 Å². The van der Waals surface area contributed by atoms with Gasteiger partial charge in [0, 0.05) is 18.0 Å². The molecule has 0 amide bonds. The van der Waals surface area contributed by atoms with Crippen molar-refractivity contribution in [2.45, 2.75) is 19.9 Å². The van der Waals surface area contributed by atoms with Gasteiger partial charge in [-0.05, 0) is 37.3 Å². The number of rotatable bonds is 4. The van der Waals surface area contributed by atoms with Gasteiger partial charge in [-0.15, -0.1) is 0 Å². The van der Waals surface area contributed by atoms with Crippen molar-refractivity contribution in [1.29, 1.82) is 0 Å². The molecule has 0 saturated heterocycles. The van der Waals surface area contributed by atoms with Gasteiger partial charge in [0.05, 0.1) is 23.5 Å². The van der Waals surface area contributed by atoms with Gasteiger partial charge in [-0.25, -0.2) is 23.1 Å². The fourth-order valence-corrected chi connectivity index (χ4v) is 2.29. The number of nitrogens with zero attached hydrogens (tertiary/aromatic N) is 4. The van der Waals surface area contributed by atoms with Crippen LogP contribution < -0.4 is 0 Å². The van der Waals surface area contributed by atoms with Crippen LogP contribution in [-0.4, -0.2) is 19.7 Å². The molecule has 0 fully saturated rings. The van der Waals surface area contributed by atoms with Crippen LogP contribution in [0.1, 0.15) is 23.5 Å². The molecule has 0 spiro atoms. The Balaban J connectivity index is 1.99. The molecule has 0 saturated carbocycles. The summed E-state index contributed by atoms with van der Waals surface area (Å²) < 4.78 is 40.8. The summed E-state index contributed by atoms with van der Waals surface area (Å²) in [5, 5.41) is 4.10. The quantitative estimate of drug-likeness (QED) is 0.735. The first-order chi connectivity index (χ1) is 11.0. The lowest BCUT2D eigenvalue weighted by Crippen LogP contribution is -2.05. The minimum Gasteiger partial charge on any atom is -0.267 e. The summed E-state index contributed by atoms with van der Waals surface area (Å²) in [5.41, 5.74) is 0.960. The summed E-state index contributed by atoms with van der Waals surface area (Å²) in [5.74, 6) is -0.418. The molecule has 0 N–H and O–H groups in total. The van der Waals surface area contributed by atoms with E-state index in [4.69, 9.17) is 0 Å². The van der Waals surface area contributed by atoms with Gasteiger partial charge >= 0.3 is 0 Å². The standard InChI is InChI=1S/C16H13F3N4/c1-10-21-12(9-23-6-2-5-20-23)8-15(22-10)11-3-4-14(17)13(7-11)16(18)19/h2-8,16H,9H2,1H3. The van der Waals surface area contributed by atoms with Gasteiger partial charge in [-0.1, -0.05) is 0 Å². The number of alkyl halides is 2. The van der Waals surface area contributed by atoms with Gasteiger partial charge in [0.15, 0.2) is 0 Å². The van der Waals surface area contributed by atoms with Gasteiger partial charge in [0.25, 0.3) is 6.43 Å². The second-order valence-corrected chi connectivity index (χ2v) is 5.03. The number of hydrogen-bond acceptors (Lipinski definition) is 3. The molecule has 118 valence electrons. The van der Waals surface area contributed by atoms with Gasteiger partial charge in [-0.3, -0.25) is 4.68 Å². The average Bonchev–Trinajstić information content (AvgIpc) is 2.99. The van der Waals surface area contributed by atoms with Crippen LogP contribution >= 0.6 is 0 Å². The predicted molar refractivity (Wildman–Crippen MR) is 78.4 cm³/mol. The molecule has 4 nitrogen and oxygen atoms in total. The first kappa shape index (κ1) is 15.2. The van der Waals surface area contributed by atoms with Gasteiger partial charge in [-0.2, -0.15) is 5.10 Å². The molecule has 23 heavy (non-hydrogen) atoms. The number of aryl methyl sites for hydroxylation is 1. The molecule has 0 aliphatic rings. The Morgan fingerprint density at radius 3 is 2.70 bits per heavy atom. The molecular weight excluding hydrogens is 305 g/mol. The highest BCUT2D eigenvalue weighted by molar-refractivity contribution is 5.60. The molecule has 0 aliphatic carbocycles. The van der Waals surface area contributed by atoms with Crippen molar-refractivity contribution >= 4 is 0 Å². The maximum Gasteiger partial charge on any atom is 0.266 e. The third-order valence-corrected chi connectivity index (χ3v) is 3.30. The highest BCUT2D eigenvalue weighted by Gasteiger charge is 2.15. The van der Waals surface area contributed by atoms with Gasteiger partial charge in [0.2, 0.25) is 0 Å². The predicted octanol–water partition coefficient (Wildman–Crippen LogP) is 3.77. The Hall–Kier alpha value is -2.70. The van der Waals surface area contributed by atoms with E-state index >= 15 is 0 Å². The van der Waals surface area contributed by atoms with Crippen LogP contribution in [0.4, 0.5) is 13.2 Å². The molecule has 0 bridgehead atoms. The number of hydrogen-bond donors (Lipinski definition) is 0. The molecule has 0 aliphatic heterocycles. The van der Waals surface area contributed by atoms with Crippen LogP contribution in [0.15, 0.2) is 42.7 Å². The Morgan fingerprint density at radius 2 is 2.00 bits per heavy atom. The zero-order valence-corrected chi connectivity index (χ0v) is 12.2. The Morgan fingerprint density at radius 1 is 1.17 bits per heavy atom. The maximum atomic E-state index is 13.4. The Labute approximate surface area is 130 Å². The third-order valence-electron chi connectivity index (χ3n) is 3.30. The lowest BCUT2D eigenvalue weighted by molar-refractivity contribution is 0.146. The van der Waals surface area contributed by atoms with Crippen molar-refractivity contribution < 1.29 is 13.2 Å². The summed E-state index contributed by atoms with van der Waals surface area (Å²) in [7, 11) is 0. The van der Waals surface area contributed by atoms with E-state index in [0.29, 0.717) is 29.3 Å². The molecule has 0 radical (unpaired) electrons. The van der Waals surface area contributed by atoms with E-state index in [1.807, 2.05) is 0 Å². The largest absolute Gasteiger partial charge is 0.267 e. The number of aromatic nitrogens is 4. The first-order valence-electron chi connectivity index (χ1n) is 6.93. The molecule has 3 rings (SSSR count). The van der Waals surface area contributed by atoms with Gasteiger partial charge in [0.1, 0.15) is 11.6 Å². The molecule has 2 aromatic heterocycles. The van der Waals surface area contributed by atoms with Crippen molar-refractivity contribution in [3.8, 4) is 11.3 Å². The fraction of sp³-hybridized carbons (Fsp3) is 0.188. The topological polar surface area (TPSA) is 43.6 Å². The molecule has 3 aromatic rings. The molecular formula is C16H13F3N4. The molecule has 0 atom stereocenters. The maximum absolute atomic E-state index is 13.4. The molecule has 0 unspecified atom stereocenters. The fourth-order valence-electron chi connectivity index (χ4n) is 2.29. The van der Waals surface area contributed by atoms with E-state index in [1.165, 1.54) is 6.07 Å². The molecule has 1 aromatic carbocycles. The molecule has 7 heteroatoms. The summed E-state index contributed by atoms with van der Waals surface area (Å²) >= 11 is 0. The van der Waals surface area contributed by atoms with E-state index in [1.54, 1.807) is 36.1 Å². The van der Waals surface area contributed by atoms with Crippen molar-refractivity contribution in [2.75, 3.05) is 0 Å². The highest BCUT2D eigenvalue weighted by Crippen LogP contribution is 2.27. The van der Waals surface area contributed by atoms with Crippen LogP contribution in [0.3, 0.4) is 0 Å². The second-order valence-electron chi connectivity index (χ2n) is 5.03. The average molecular weight is 318 g/mol. The van der Waals surface area contributed by atoms with Crippen LogP contribution in [0, 0.1) is 12.7 Å². The minimum absolute atomic E-state index is 0.425. The Bertz CT molecular complexity index is 816. The van der Waals surface area contributed by atoms with Crippen molar-refractivity contribution in [2.24, 2.45) is 0 Å². The van der Waals surface area contributed by atoms with Crippen molar-refractivity contribution in [3.63, 3.8) is 0 Å². The summed E-state index contributed by atoms with van der Waals surface area (Å²) in [6, 6.07) is 7.07. The SMILES string of the molecule is Cc1nc(Cn2cccn2)cc(-c2ccc(F)c(C(F)F)c2)n1. The lowest BCUT2D eigenvalue weighted by Gasteiger charge is -2.09.